The van der Waals surface area contributed by atoms with Crippen molar-refractivity contribution in [2.75, 3.05) is 6.54 Å². The van der Waals surface area contributed by atoms with Gasteiger partial charge in [0, 0.05) is 0 Å². The van der Waals surface area contributed by atoms with Crippen molar-refractivity contribution in [1.82, 2.24) is 15.5 Å². The van der Waals surface area contributed by atoms with E-state index in [9.17, 15) is 14.4 Å². The van der Waals surface area contributed by atoms with Crippen molar-refractivity contribution in [1.29, 1.82) is 0 Å². The molecule has 1 aliphatic heterocycles. The molecular weight excluding hydrogens is 378 g/mol. The summed E-state index contributed by atoms with van der Waals surface area (Å²) in [5.74, 6) is 0.0695. The third-order valence-corrected chi connectivity index (χ3v) is 6.45. The van der Waals surface area contributed by atoms with Gasteiger partial charge in [0.15, 0.2) is 0 Å². The quantitative estimate of drug-likeness (QED) is 0.684. The molecule has 0 unspecified atom stereocenters. The van der Waals surface area contributed by atoms with Crippen LogP contribution in [-0.4, -0.2) is 34.8 Å². The molecule has 1 atom stereocenters. The van der Waals surface area contributed by atoms with Gasteiger partial charge in [-0.25, -0.2) is 4.79 Å². The largest absolute Gasteiger partial charge is 0.347 e. The van der Waals surface area contributed by atoms with Crippen molar-refractivity contribution in [2.45, 2.75) is 83.7 Å². The number of imide groups is 1. The van der Waals surface area contributed by atoms with E-state index in [4.69, 9.17) is 0 Å². The van der Waals surface area contributed by atoms with Crippen LogP contribution in [0.4, 0.5) is 4.79 Å². The number of hydrogen-bond acceptors (Lipinski definition) is 3. The Bertz CT molecular complexity index is 777. The number of urea groups is 1. The van der Waals surface area contributed by atoms with Gasteiger partial charge in [0.2, 0.25) is 5.91 Å². The highest BCUT2D eigenvalue weighted by Gasteiger charge is 2.51. The lowest BCUT2D eigenvalue weighted by molar-refractivity contribution is -0.135. The Balaban J connectivity index is 1.68. The summed E-state index contributed by atoms with van der Waals surface area (Å²) in [5, 5.41) is 5.94. The number of hydrogen-bond donors (Lipinski definition) is 2. The highest BCUT2D eigenvalue weighted by atomic mass is 16.2. The standard InChI is InChI=1S/C24H35N3O3/c1-16(2)18-9-11-19(12-10-18)21(17(3)4)25-20(28)15-27-22(29)24(26-23(27)30)13-7-5-6-8-14-24/h9-12,16-17,21H,5-8,13-15H2,1-4H3,(H,25,28)(H,26,30)/t21-/m0/s1. The minimum Gasteiger partial charge on any atom is -0.347 e. The van der Waals surface area contributed by atoms with Crippen LogP contribution in [0.15, 0.2) is 24.3 Å². The van der Waals surface area contributed by atoms with Crippen LogP contribution in [0.25, 0.3) is 0 Å². The molecule has 0 aromatic heterocycles. The molecular formula is C24H35N3O3. The number of carbonyl (C=O) groups is 3. The number of amides is 4. The van der Waals surface area contributed by atoms with Gasteiger partial charge < -0.3 is 10.6 Å². The zero-order valence-corrected chi connectivity index (χ0v) is 18.7. The Kier molecular flexibility index (Phi) is 6.84. The average Bonchev–Trinajstić information content (AvgIpc) is 2.86. The Hall–Kier alpha value is -2.37. The Morgan fingerprint density at radius 2 is 1.57 bits per heavy atom. The van der Waals surface area contributed by atoms with Crippen molar-refractivity contribution >= 4 is 17.8 Å². The van der Waals surface area contributed by atoms with Crippen molar-refractivity contribution in [3.63, 3.8) is 0 Å². The molecule has 0 bridgehead atoms. The maximum atomic E-state index is 13.0. The fourth-order valence-corrected chi connectivity index (χ4v) is 4.58. The van der Waals surface area contributed by atoms with Crippen LogP contribution >= 0.6 is 0 Å². The van der Waals surface area contributed by atoms with Crippen molar-refractivity contribution in [3.05, 3.63) is 35.4 Å². The van der Waals surface area contributed by atoms with Crippen LogP contribution in [0.3, 0.4) is 0 Å². The van der Waals surface area contributed by atoms with E-state index in [0.29, 0.717) is 18.8 Å². The van der Waals surface area contributed by atoms with Gasteiger partial charge in [-0.2, -0.15) is 0 Å². The first-order valence-electron chi connectivity index (χ1n) is 11.3. The lowest BCUT2D eigenvalue weighted by atomic mass is 9.90. The van der Waals surface area contributed by atoms with Crippen LogP contribution in [-0.2, 0) is 9.59 Å². The fraction of sp³-hybridized carbons (Fsp3) is 0.625. The van der Waals surface area contributed by atoms with E-state index in [0.717, 1.165) is 36.1 Å². The lowest BCUT2D eigenvalue weighted by Crippen LogP contribution is -2.47. The SMILES string of the molecule is CC(C)c1ccc([C@@H](NC(=O)CN2C(=O)NC3(CCCCCC3)C2=O)C(C)C)cc1. The summed E-state index contributed by atoms with van der Waals surface area (Å²) in [7, 11) is 0. The zero-order valence-electron chi connectivity index (χ0n) is 18.7. The first-order valence-corrected chi connectivity index (χ1v) is 11.3. The van der Waals surface area contributed by atoms with Gasteiger partial charge in [0.25, 0.3) is 5.91 Å². The Morgan fingerprint density at radius 1 is 1.00 bits per heavy atom. The van der Waals surface area contributed by atoms with Crippen molar-refractivity contribution in [3.8, 4) is 0 Å². The predicted molar refractivity (Wildman–Crippen MR) is 117 cm³/mol. The molecule has 1 spiro atoms. The lowest BCUT2D eigenvalue weighted by Gasteiger charge is -2.26. The van der Waals surface area contributed by atoms with Crippen LogP contribution < -0.4 is 10.6 Å². The van der Waals surface area contributed by atoms with Crippen molar-refractivity contribution < 1.29 is 14.4 Å². The van der Waals surface area contributed by atoms with E-state index in [1.807, 2.05) is 0 Å². The van der Waals surface area contributed by atoms with Gasteiger partial charge in [-0.1, -0.05) is 77.6 Å². The maximum absolute atomic E-state index is 13.0. The molecule has 2 N–H and O–H groups in total. The minimum absolute atomic E-state index is 0.175. The van der Waals surface area contributed by atoms with Gasteiger partial charge in [-0.15, -0.1) is 0 Å². The molecule has 30 heavy (non-hydrogen) atoms. The summed E-state index contributed by atoms with van der Waals surface area (Å²) in [6.07, 6.45) is 5.33. The number of carbonyl (C=O) groups excluding carboxylic acids is 3. The highest BCUT2D eigenvalue weighted by Crippen LogP contribution is 2.32. The highest BCUT2D eigenvalue weighted by molar-refractivity contribution is 6.09. The van der Waals surface area contributed by atoms with Gasteiger partial charge >= 0.3 is 6.03 Å². The summed E-state index contributed by atoms with van der Waals surface area (Å²) < 4.78 is 0. The van der Waals surface area contributed by atoms with E-state index in [1.165, 1.54) is 5.56 Å². The van der Waals surface area contributed by atoms with Crippen LogP contribution in [0.2, 0.25) is 0 Å². The van der Waals surface area contributed by atoms with Crippen molar-refractivity contribution in [2.24, 2.45) is 5.92 Å². The molecule has 1 aromatic carbocycles. The zero-order chi connectivity index (χ0) is 21.9. The first-order chi connectivity index (χ1) is 14.2. The van der Waals surface area contributed by atoms with Crippen LogP contribution in [0.5, 0.6) is 0 Å². The van der Waals surface area contributed by atoms with Crippen LogP contribution in [0, 0.1) is 5.92 Å². The molecule has 2 aliphatic rings. The van der Waals surface area contributed by atoms with E-state index in [1.54, 1.807) is 0 Å². The smallest absolute Gasteiger partial charge is 0.325 e. The molecule has 0 radical (unpaired) electrons. The van der Waals surface area contributed by atoms with E-state index < -0.39 is 11.6 Å². The molecule has 6 heteroatoms. The number of nitrogens with zero attached hydrogens (tertiary/aromatic N) is 1. The number of nitrogens with one attached hydrogen (secondary N) is 2. The van der Waals surface area contributed by atoms with E-state index in [-0.39, 0.29) is 30.3 Å². The number of rotatable bonds is 6. The summed E-state index contributed by atoms with van der Waals surface area (Å²) >= 11 is 0. The number of benzene rings is 1. The monoisotopic (exact) mass is 413 g/mol. The topological polar surface area (TPSA) is 78.5 Å². The minimum atomic E-state index is -0.808. The maximum Gasteiger partial charge on any atom is 0.325 e. The second-order valence-electron chi connectivity index (χ2n) is 9.43. The third kappa shape index (κ3) is 4.68. The van der Waals surface area contributed by atoms with Gasteiger partial charge in [-0.3, -0.25) is 14.5 Å². The predicted octanol–water partition coefficient (Wildman–Crippen LogP) is 4.27. The molecule has 1 saturated carbocycles. The third-order valence-electron chi connectivity index (χ3n) is 6.45. The van der Waals surface area contributed by atoms with E-state index in [2.05, 4.69) is 62.6 Å². The second kappa shape index (κ2) is 9.19. The van der Waals surface area contributed by atoms with Gasteiger partial charge in [0.05, 0.1) is 6.04 Å². The molecule has 6 nitrogen and oxygen atoms in total. The molecule has 1 heterocycles. The molecule has 4 amide bonds. The molecule has 2 fully saturated rings. The molecule has 164 valence electrons. The second-order valence-corrected chi connectivity index (χ2v) is 9.43. The van der Waals surface area contributed by atoms with Crippen LogP contribution in [0.1, 0.15) is 89.3 Å². The molecule has 1 aromatic rings. The first kappa shape index (κ1) is 22.3. The molecule has 1 saturated heterocycles. The van der Waals surface area contributed by atoms with Gasteiger partial charge in [-0.05, 0) is 35.8 Å². The fourth-order valence-electron chi connectivity index (χ4n) is 4.58. The average molecular weight is 414 g/mol. The normalized spacial score (nSPS) is 19.9. The summed E-state index contributed by atoms with van der Waals surface area (Å²) in [6, 6.07) is 7.66. The molecule has 3 rings (SSSR count). The Morgan fingerprint density at radius 3 is 2.10 bits per heavy atom. The van der Waals surface area contributed by atoms with Gasteiger partial charge in [0.1, 0.15) is 12.1 Å². The van der Waals surface area contributed by atoms with E-state index >= 15 is 0 Å². The summed E-state index contributed by atoms with van der Waals surface area (Å²) in [4.78, 5) is 39.5. The summed E-state index contributed by atoms with van der Waals surface area (Å²) in [5.41, 5.74) is 1.47. The molecule has 1 aliphatic carbocycles. The Labute approximate surface area is 179 Å². The summed E-state index contributed by atoms with van der Waals surface area (Å²) in [6.45, 7) is 8.16.